The summed E-state index contributed by atoms with van der Waals surface area (Å²) < 4.78 is 47.3. The predicted octanol–water partition coefficient (Wildman–Crippen LogP) is 1.76. The lowest BCUT2D eigenvalue weighted by atomic mass is 10.3. The number of sulfonamides is 1. The molecule has 3 aromatic rings. The molecule has 11 heteroatoms. The average Bonchev–Trinajstić information content (AvgIpc) is 3.35. The topological polar surface area (TPSA) is 102 Å². The Morgan fingerprint density at radius 3 is 2.43 bits per heavy atom. The third-order valence-electron chi connectivity index (χ3n) is 5.00. The van der Waals surface area contributed by atoms with Gasteiger partial charge >= 0.3 is 0 Å². The van der Waals surface area contributed by atoms with E-state index in [-0.39, 0.29) is 54.1 Å². The first-order valence-corrected chi connectivity index (χ1v) is 10.8. The lowest BCUT2D eigenvalue weighted by Gasteiger charge is -2.33. The van der Waals surface area contributed by atoms with Crippen molar-refractivity contribution in [3.63, 3.8) is 0 Å². The smallest absolute Gasteiger partial charge is 0.274 e. The number of hydrogen-bond donors (Lipinski definition) is 0. The van der Waals surface area contributed by atoms with Crippen LogP contribution in [0, 0.1) is 19.7 Å². The maximum absolute atomic E-state index is 13.9. The molecule has 158 valence electrons. The quantitative estimate of drug-likeness (QED) is 0.621. The summed E-state index contributed by atoms with van der Waals surface area (Å²) in [5, 5.41) is 7.89. The Morgan fingerprint density at radius 1 is 1.10 bits per heavy atom. The van der Waals surface area contributed by atoms with E-state index in [0.29, 0.717) is 5.69 Å². The number of piperazine rings is 1. The molecule has 3 heterocycles. The Kier molecular flexibility index (Phi) is 5.16. The molecule has 1 saturated heterocycles. The van der Waals surface area contributed by atoms with Gasteiger partial charge in [-0.15, -0.1) is 0 Å². The first-order chi connectivity index (χ1) is 14.3. The fourth-order valence-electron chi connectivity index (χ4n) is 3.48. The minimum Gasteiger partial charge on any atom is -0.360 e. The number of aryl methyl sites for hydroxylation is 2. The van der Waals surface area contributed by atoms with Crippen molar-refractivity contribution in [1.82, 2.24) is 24.1 Å². The van der Waals surface area contributed by atoms with E-state index in [2.05, 4.69) is 10.3 Å². The summed E-state index contributed by atoms with van der Waals surface area (Å²) in [5.41, 5.74) is 0.719. The minimum atomic E-state index is -3.75. The number of hydrogen-bond acceptors (Lipinski definition) is 6. The molecule has 1 fully saturated rings. The predicted molar refractivity (Wildman–Crippen MR) is 104 cm³/mol. The Morgan fingerprint density at radius 2 is 1.80 bits per heavy atom. The molecule has 9 nitrogen and oxygen atoms in total. The van der Waals surface area contributed by atoms with E-state index < -0.39 is 15.8 Å². The fourth-order valence-corrected chi connectivity index (χ4v) is 5.19. The highest BCUT2D eigenvalue weighted by atomic mass is 32.2. The monoisotopic (exact) mass is 433 g/mol. The van der Waals surface area contributed by atoms with Crippen molar-refractivity contribution in [1.29, 1.82) is 0 Å². The number of benzene rings is 1. The minimum absolute atomic E-state index is 0.0749. The van der Waals surface area contributed by atoms with Gasteiger partial charge in [0.15, 0.2) is 11.5 Å². The van der Waals surface area contributed by atoms with E-state index >= 15 is 0 Å². The molecule has 0 spiro atoms. The SMILES string of the molecule is Cc1noc(C)c1S(=O)(=O)N1CCN(C(=O)c2ccn(-c3ccccc3F)n2)CC1. The van der Waals surface area contributed by atoms with Crippen molar-refractivity contribution in [2.75, 3.05) is 26.2 Å². The Balaban J connectivity index is 1.46. The van der Waals surface area contributed by atoms with Gasteiger partial charge in [-0.25, -0.2) is 17.5 Å². The maximum Gasteiger partial charge on any atom is 0.274 e. The van der Waals surface area contributed by atoms with Crippen molar-refractivity contribution in [2.45, 2.75) is 18.7 Å². The summed E-state index contributed by atoms with van der Waals surface area (Å²) in [6, 6.07) is 7.65. The lowest BCUT2D eigenvalue weighted by Crippen LogP contribution is -2.50. The molecule has 0 aliphatic carbocycles. The first kappa shape index (κ1) is 20.2. The number of carbonyl (C=O) groups excluding carboxylic acids is 1. The normalized spacial score (nSPS) is 15.5. The summed E-state index contributed by atoms with van der Waals surface area (Å²) in [6.07, 6.45) is 1.52. The Hall–Kier alpha value is -3.05. The van der Waals surface area contributed by atoms with E-state index in [9.17, 15) is 17.6 Å². The Bertz CT molecular complexity index is 1180. The zero-order valence-electron chi connectivity index (χ0n) is 16.4. The molecule has 0 N–H and O–H groups in total. The highest BCUT2D eigenvalue weighted by molar-refractivity contribution is 7.89. The molecular weight excluding hydrogens is 413 g/mol. The van der Waals surface area contributed by atoms with Crippen molar-refractivity contribution in [3.8, 4) is 5.69 Å². The molecule has 0 unspecified atom stereocenters. The second-order valence-electron chi connectivity index (χ2n) is 6.95. The van der Waals surface area contributed by atoms with Gasteiger partial charge in [0, 0.05) is 32.4 Å². The third kappa shape index (κ3) is 3.50. The van der Waals surface area contributed by atoms with Crippen LogP contribution in [0.3, 0.4) is 0 Å². The molecule has 0 radical (unpaired) electrons. The first-order valence-electron chi connectivity index (χ1n) is 9.32. The van der Waals surface area contributed by atoms with Gasteiger partial charge in [0.1, 0.15) is 22.1 Å². The van der Waals surface area contributed by atoms with E-state index in [1.807, 2.05) is 0 Å². The molecule has 1 aromatic carbocycles. The van der Waals surface area contributed by atoms with Gasteiger partial charge in [0.2, 0.25) is 10.0 Å². The largest absolute Gasteiger partial charge is 0.360 e. The van der Waals surface area contributed by atoms with E-state index in [1.165, 1.54) is 32.2 Å². The van der Waals surface area contributed by atoms with Crippen LogP contribution in [0.15, 0.2) is 45.9 Å². The second kappa shape index (κ2) is 7.65. The summed E-state index contributed by atoms with van der Waals surface area (Å²) in [5.74, 6) is -0.540. The van der Waals surface area contributed by atoms with Crippen LogP contribution in [0.2, 0.25) is 0 Å². The number of carbonyl (C=O) groups is 1. The number of halogens is 1. The molecule has 0 saturated carbocycles. The van der Waals surface area contributed by atoms with Gasteiger partial charge in [-0.05, 0) is 32.0 Å². The number of aromatic nitrogens is 3. The van der Waals surface area contributed by atoms with Gasteiger partial charge in [-0.1, -0.05) is 17.3 Å². The molecule has 0 atom stereocenters. The zero-order chi connectivity index (χ0) is 21.5. The van der Waals surface area contributed by atoms with Gasteiger partial charge in [0.05, 0.1) is 0 Å². The van der Waals surface area contributed by atoms with Crippen molar-refractivity contribution < 1.29 is 22.1 Å². The number of para-hydroxylation sites is 1. The summed E-state index contributed by atoms with van der Waals surface area (Å²) >= 11 is 0. The highest BCUT2D eigenvalue weighted by Gasteiger charge is 2.34. The van der Waals surface area contributed by atoms with Crippen molar-refractivity contribution in [3.05, 3.63) is 59.5 Å². The fraction of sp³-hybridized carbons (Fsp3) is 0.316. The van der Waals surface area contributed by atoms with Gasteiger partial charge < -0.3 is 9.42 Å². The van der Waals surface area contributed by atoms with Gasteiger partial charge in [0.25, 0.3) is 5.91 Å². The average molecular weight is 433 g/mol. The highest BCUT2D eigenvalue weighted by Crippen LogP contribution is 2.24. The van der Waals surface area contributed by atoms with Crippen LogP contribution in [-0.4, -0.2) is 64.6 Å². The molecule has 30 heavy (non-hydrogen) atoms. The van der Waals surface area contributed by atoms with Crippen LogP contribution >= 0.6 is 0 Å². The van der Waals surface area contributed by atoms with Crippen LogP contribution in [0.4, 0.5) is 4.39 Å². The molecular formula is C19H20FN5O4S. The standard InChI is InChI=1S/C19H20FN5O4S/c1-13-18(14(2)29-22-13)30(27,28)24-11-9-23(10-12-24)19(26)16-7-8-25(21-16)17-6-4-3-5-15(17)20/h3-8H,9-12H2,1-2H3. The van der Waals surface area contributed by atoms with Crippen LogP contribution in [0.5, 0.6) is 0 Å². The third-order valence-corrected chi connectivity index (χ3v) is 7.14. The van der Waals surface area contributed by atoms with E-state index in [4.69, 9.17) is 4.52 Å². The summed E-state index contributed by atoms with van der Waals surface area (Å²) in [7, 11) is -3.75. The molecule has 2 aromatic heterocycles. The van der Waals surface area contributed by atoms with Crippen molar-refractivity contribution >= 4 is 15.9 Å². The van der Waals surface area contributed by atoms with Gasteiger partial charge in [-0.2, -0.15) is 9.40 Å². The lowest BCUT2D eigenvalue weighted by molar-refractivity contribution is 0.0691. The summed E-state index contributed by atoms with van der Waals surface area (Å²) in [6.45, 7) is 3.86. The maximum atomic E-state index is 13.9. The molecule has 1 aliphatic rings. The second-order valence-corrected chi connectivity index (χ2v) is 8.82. The summed E-state index contributed by atoms with van der Waals surface area (Å²) in [4.78, 5) is 14.4. The molecule has 0 bridgehead atoms. The van der Waals surface area contributed by atoms with E-state index in [1.54, 1.807) is 32.0 Å². The van der Waals surface area contributed by atoms with Crippen LogP contribution in [0.25, 0.3) is 5.69 Å². The van der Waals surface area contributed by atoms with Crippen LogP contribution in [-0.2, 0) is 10.0 Å². The molecule has 4 rings (SSSR count). The molecule has 1 amide bonds. The number of amides is 1. The number of rotatable bonds is 4. The van der Waals surface area contributed by atoms with Crippen LogP contribution < -0.4 is 0 Å². The van der Waals surface area contributed by atoms with E-state index in [0.717, 1.165) is 0 Å². The van der Waals surface area contributed by atoms with Gasteiger partial charge in [-0.3, -0.25) is 4.79 Å². The Labute approximate surface area is 172 Å². The number of nitrogens with zero attached hydrogens (tertiary/aromatic N) is 5. The van der Waals surface area contributed by atoms with Crippen molar-refractivity contribution in [2.24, 2.45) is 0 Å². The zero-order valence-corrected chi connectivity index (χ0v) is 17.3. The molecule has 1 aliphatic heterocycles. The van der Waals surface area contributed by atoms with Crippen LogP contribution in [0.1, 0.15) is 21.9 Å².